The average Bonchev–Trinajstić information content (AvgIpc) is 2.60. The molecular formula is C11H10Cl2N4. The van der Waals surface area contributed by atoms with Gasteiger partial charge in [-0.1, -0.05) is 23.2 Å². The van der Waals surface area contributed by atoms with Crippen molar-refractivity contribution in [2.75, 3.05) is 0 Å². The number of benzene rings is 1. The molecule has 0 saturated heterocycles. The fraction of sp³-hybridized carbons (Fsp3) is 0.0909. The van der Waals surface area contributed by atoms with Gasteiger partial charge in [0.15, 0.2) is 0 Å². The molecule has 2 rings (SSSR count). The molecule has 1 aromatic heterocycles. The third-order valence-electron chi connectivity index (χ3n) is 2.44. The van der Waals surface area contributed by atoms with Gasteiger partial charge in [-0.25, -0.2) is 4.68 Å². The highest BCUT2D eigenvalue weighted by Crippen LogP contribution is 2.25. The fourth-order valence-electron chi connectivity index (χ4n) is 1.57. The van der Waals surface area contributed by atoms with Crippen molar-refractivity contribution in [2.24, 2.45) is 5.73 Å². The van der Waals surface area contributed by atoms with E-state index in [-0.39, 0.29) is 5.84 Å². The first-order chi connectivity index (χ1) is 8.00. The van der Waals surface area contributed by atoms with Crippen LogP contribution in [0.15, 0.2) is 24.4 Å². The summed E-state index contributed by atoms with van der Waals surface area (Å²) in [6, 6.07) is 5.15. The molecule has 1 aromatic carbocycles. The fourth-order valence-corrected chi connectivity index (χ4v) is 2.06. The van der Waals surface area contributed by atoms with Crippen molar-refractivity contribution in [3.05, 3.63) is 45.7 Å². The van der Waals surface area contributed by atoms with Crippen LogP contribution in [-0.2, 0) is 0 Å². The Hall–Kier alpha value is -1.52. The van der Waals surface area contributed by atoms with E-state index in [1.54, 1.807) is 29.1 Å². The van der Waals surface area contributed by atoms with E-state index in [9.17, 15) is 0 Å². The third kappa shape index (κ3) is 2.14. The standard InChI is InChI=1S/C11H10Cl2N4/c1-6-8(11(14)15)5-16-17(6)10-3-2-7(12)4-9(10)13/h2-5H,1H3,(H3,14,15). The normalized spacial score (nSPS) is 10.5. The predicted molar refractivity (Wildman–Crippen MR) is 69.3 cm³/mol. The minimum Gasteiger partial charge on any atom is -0.384 e. The zero-order chi connectivity index (χ0) is 12.6. The summed E-state index contributed by atoms with van der Waals surface area (Å²) in [5, 5.41) is 12.6. The zero-order valence-corrected chi connectivity index (χ0v) is 10.5. The van der Waals surface area contributed by atoms with E-state index < -0.39 is 0 Å². The molecule has 0 fully saturated rings. The number of hydrogen-bond donors (Lipinski definition) is 2. The first kappa shape index (κ1) is 12.0. The van der Waals surface area contributed by atoms with Crippen LogP contribution in [0.1, 0.15) is 11.3 Å². The lowest BCUT2D eigenvalue weighted by molar-refractivity contribution is 0.847. The third-order valence-corrected chi connectivity index (χ3v) is 2.98. The Bertz CT molecular complexity index is 589. The average molecular weight is 269 g/mol. The van der Waals surface area contributed by atoms with E-state index in [0.29, 0.717) is 21.3 Å². The Morgan fingerprint density at radius 3 is 2.65 bits per heavy atom. The van der Waals surface area contributed by atoms with E-state index in [0.717, 1.165) is 5.69 Å². The molecule has 88 valence electrons. The Morgan fingerprint density at radius 1 is 1.41 bits per heavy atom. The molecule has 0 atom stereocenters. The molecule has 0 spiro atoms. The van der Waals surface area contributed by atoms with Crippen LogP contribution in [0.4, 0.5) is 0 Å². The number of nitrogens with two attached hydrogens (primary N) is 1. The summed E-state index contributed by atoms with van der Waals surface area (Å²) in [6.45, 7) is 1.83. The van der Waals surface area contributed by atoms with Gasteiger partial charge < -0.3 is 5.73 Å². The van der Waals surface area contributed by atoms with Crippen LogP contribution in [0.25, 0.3) is 5.69 Å². The molecule has 0 aliphatic heterocycles. The number of hydrogen-bond acceptors (Lipinski definition) is 2. The second kappa shape index (κ2) is 4.39. The summed E-state index contributed by atoms with van der Waals surface area (Å²) < 4.78 is 1.63. The molecule has 2 aromatic rings. The molecule has 0 radical (unpaired) electrons. The maximum absolute atomic E-state index is 7.41. The second-order valence-electron chi connectivity index (χ2n) is 3.56. The quantitative estimate of drug-likeness (QED) is 0.650. The summed E-state index contributed by atoms with van der Waals surface area (Å²) in [7, 11) is 0. The molecule has 0 aliphatic carbocycles. The van der Waals surface area contributed by atoms with E-state index in [2.05, 4.69) is 5.10 Å². The molecule has 0 unspecified atom stereocenters. The van der Waals surface area contributed by atoms with Crippen LogP contribution >= 0.6 is 23.2 Å². The van der Waals surface area contributed by atoms with E-state index in [1.165, 1.54) is 0 Å². The van der Waals surface area contributed by atoms with Gasteiger partial charge in [0.05, 0.1) is 28.2 Å². The Morgan fingerprint density at radius 2 is 2.12 bits per heavy atom. The highest BCUT2D eigenvalue weighted by Gasteiger charge is 2.12. The number of nitrogen functional groups attached to an aromatic ring is 1. The van der Waals surface area contributed by atoms with Gasteiger partial charge in [-0.15, -0.1) is 0 Å². The Labute approximate surface area is 108 Å². The number of nitrogens with zero attached hydrogens (tertiary/aromatic N) is 2. The van der Waals surface area contributed by atoms with Crippen LogP contribution in [0.2, 0.25) is 10.0 Å². The van der Waals surface area contributed by atoms with E-state index >= 15 is 0 Å². The number of rotatable bonds is 2. The molecular weight excluding hydrogens is 259 g/mol. The molecule has 0 aliphatic rings. The summed E-state index contributed by atoms with van der Waals surface area (Å²) in [5.41, 5.74) is 7.51. The number of halogens is 2. The van der Waals surface area contributed by atoms with Crippen molar-refractivity contribution in [2.45, 2.75) is 6.92 Å². The number of aromatic nitrogens is 2. The predicted octanol–water partition coefficient (Wildman–Crippen LogP) is 2.77. The van der Waals surface area contributed by atoms with Gasteiger partial charge in [-0.3, -0.25) is 5.41 Å². The highest BCUT2D eigenvalue weighted by molar-refractivity contribution is 6.35. The van der Waals surface area contributed by atoms with E-state index in [1.807, 2.05) is 6.92 Å². The van der Waals surface area contributed by atoms with Crippen LogP contribution in [0, 0.1) is 12.3 Å². The first-order valence-electron chi connectivity index (χ1n) is 4.85. The summed E-state index contributed by atoms with van der Waals surface area (Å²) in [5.74, 6) is -0.0150. The summed E-state index contributed by atoms with van der Waals surface area (Å²) >= 11 is 11.9. The molecule has 6 heteroatoms. The Kier molecular flexibility index (Phi) is 3.09. The minimum atomic E-state index is -0.0150. The van der Waals surface area contributed by atoms with Crippen molar-refractivity contribution in [3.8, 4) is 5.69 Å². The van der Waals surface area contributed by atoms with Gasteiger partial charge in [0.1, 0.15) is 5.84 Å². The first-order valence-corrected chi connectivity index (χ1v) is 5.60. The van der Waals surface area contributed by atoms with Gasteiger partial charge in [0.25, 0.3) is 0 Å². The van der Waals surface area contributed by atoms with Crippen LogP contribution in [0.5, 0.6) is 0 Å². The lowest BCUT2D eigenvalue weighted by Gasteiger charge is -2.07. The molecule has 1 heterocycles. The lowest BCUT2D eigenvalue weighted by Crippen LogP contribution is -2.12. The van der Waals surface area contributed by atoms with Crippen LogP contribution < -0.4 is 5.73 Å². The van der Waals surface area contributed by atoms with Gasteiger partial charge in [0, 0.05) is 5.02 Å². The number of nitrogens with one attached hydrogen (secondary N) is 1. The SMILES string of the molecule is Cc1c(C(=N)N)cnn1-c1ccc(Cl)cc1Cl. The van der Waals surface area contributed by atoms with Crippen LogP contribution in [0.3, 0.4) is 0 Å². The van der Waals surface area contributed by atoms with Crippen molar-refractivity contribution in [1.82, 2.24) is 9.78 Å². The zero-order valence-electron chi connectivity index (χ0n) is 9.04. The maximum atomic E-state index is 7.41. The molecule has 4 nitrogen and oxygen atoms in total. The molecule has 3 N–H and O–H groups in total. The topological polar surface area (TPSA) is 67.7 Å². The largest absolute Gasteiger partial charge is 0.384 e. The van der Waals surface area contributed by atoms with Crippen molar-refractivity contribution in [1.29, 1.82) is 5.41 Å². The molecule has 0 saturated carbocycles. The second-order valence-corrected chi connectivity index (χ2v) is 4.41. The summed E-state index contributed by atoms with van der Waals surface area (Å²) in [4.78, 5) is 0. The van der Waals surface area contributed by atoms with Gasteiger partial charge in [-0.2, -0.15) is 5.10 Å². The lowest BCUT2D eigenvalue weighted by atomic mass is 10.2. The molecule has 0 bridgehead atoms. The monoisotopic (exact) mass is 268 g/mol. The highest BCUT2D eigenvalue weighted by atomic mass is 35.5. The van der Waals surface area contributed by atoms with Crippen molar-refractivity contribution >= 4 is 29.0 Å². The van der Waals surface area contributed by atoms with Crippen molar-refractivity contribution < 1.29 is 0 Å². The smallest absolute Gasteiger partial charge is 0.126 e. The maximum Gasteiger partial charge on any atom is 0.126 e. The number of amidine groups is 1. The molecule has 0 amide bonds. The molecule has 17 heavy (non-hydrogen) atoms. The van der Waals surface area contributed by atoms with Crippen LogP contribution in [-0.4, -0.2) is 15.6 Å². The summed E-state index contributed by atoms with van der Waals surface area (Å²) in [6.07, 6.45) is 1.54. The Balaban J connectivity index is 2.57. The van der Waals surface area contributed by atoms with E-state index in [4.69, 9.17) is 34.3 Å². The van der Waals surface area contributed by atoms with Gasteiger partial charge >= 0.3 is 0 Å². The van der Waals surface area contributed by atoms with Crippen molar-refractivity contribution in [3.63, 3.8) is 0 Å². The minimum absolute atomic E-state index is 0.0150. The van der Waals surface area contributed by atoms with Gasteiger partial charge in [0.2, 0.25) is 0 Å². The van der Waals surface area contributed by atoms with Gasteiger partial charge in [-0.05, 0) is 25.1 Å².